The van der Waals surface area contributed by atoms with Gasteiger partial charge in [0.15, 0.2) is 0 Å². The van der Waals surface area contributed by atoms with Crippen molar-refractivity contribution in [2.75, 3.05) is 0 Å². The Hall–Kier alpha value is 0.124. The largest absolute Gasteiger partial charge is 0.525 e. The van der Waals surface area contributed by atoms with Gasteiger partial charge >= 0.3 is 0 Å². The predicted octanol–water partition coefficient (Wildman–Crippen LogP) is 2.80. The third kappa shape index (κ3) is 4.78. The molecule has 0 aliphatic heterocycles. The van der Waals surface area contributed by atoms with Crippen molar-refractivity contribution in [1.29, 1.82) is 0 Å². The van der Waals surface area contributed by atoms with E-state index in [1.165, 1.54) is 5.56 Å². The zero-order chi connectivity index (χ0) is 8.97. The molecule has 0 spiro atoms. The number of rotatable bonds is 3. The molecule has 1 unspecified atom stereocenters. The van der Waals surface area contributed by atoms with Gasteiger partial charge in [0, 0.05) is 32.7 Å². The fourth-order valence-electron chi connectivity index (χ4n) is 0.868. The van der Waals surface area contributed by atoms with Crippen LogP contribution in [0, 0.1) is 20.8 Å². The van der Waals surface area contributed by atoms with Crippen LogP contribution in [0.15, 0.2) is 24.3 Å². The molecule has 1 aromatic rings. The van der Waals surface area contributed by atoms with Crippen molar-refractivity contribution in [1.82, 2.24) is 0 Å². The summed E-state index contributed by atoms with van der Waals surface area (Å²) >= 11 is 0. The molecule has 1 aromatic carbocycles. The molecule has 0 bridgehead atoms. The molecular formula is C11H14OY-2. The van der Waals surface area contributed by atoms with E-state index in [0.29, 0.717) is 6.42 Å². The molecular weight excluding hydrogens is 237 g/mol. The molecule has 69 valence electrons. The second-order valence-corrected chi connectivity index (χ2v) is 2.84. The number of ether oxygens (including phenoxy) is 1. The van der Waals surface area contributed by atoms with E-state index in [9.17, 15) is 0 Å². The Bertz CT molecular complexity index is 230. The van der Waals surface area contributed by atoms with Crippen LogP contribution < -0.4 is 4.74 Å². The molecule has 13 heavy (non-hydrogen) atoms. The van der Waals surface area contributed by atoms with Crippen LogP contribution in [0.25, 0.3) is 0 Å². The molecule has 2 heteroatoms. The maximum absolute atomic E-state index is 5.44. The molecule has 0 saturated heterocycles. The average Bonchev–Trinajstić information content (AvgIpc) is 2.09. The van der Waals surface area contributed by atoms with Gasteiger partial charge in [-0.1, -0.05) is 23.8 Å². The number of aryl methyl sites for hydroxylation is 1. The van der Waals surface area contributed by atoms with Crippen LogP contribution in [-0.4, -0.2) is 6.10 Å². The summed E-state index contributed by atoms with van der Waals surface area (Å²) in [5.74, 6) is 0.865. The maximum atomic E-state index is 5.44. The van der Waals surface area contributed by atoms with Gasteiger partial charge in [-0.15, -0.1) is 0 Å². The summed E-state index contributed by atoms with van der Waals surface area (Å²) in [6.45, 7) is 9.55. The maximum Gasteiger partial charge on any atom is 0.115 e. The van der Waals surface area contributed by atoms with Crippen molar-refractivity contribution in [2.45, 2.75) is 19.4 Å². The minimum atomic E-state index is -0.0484. The van der Waals surface area contributed by atoms with Crippen LogP contribution in [-0.2, 0) is 32.7 Å². The molecule has 0 aliphatic rings. The van der Waals surface area contributed by atoms with E-state index in [2.05, 4.69) is 13.8 Å². The van der Waals surface area contributed by atoms with Gasteiger partial charge in [0.25, 0.3) is 0 Å². The Morgan fingerprint density at radius 2 is 1.85 bits per heavy atom. The first-order valence-corrected chi connectivity index (χ1v) is 4.08. The summed E-state index contributed by atoms with van der Waals surface area (Å²) in [6, 6.07) is 7.93. The third-order valence-corrected chi connectivity index (χ3v) is 1.65. The second-order valence-electron chi connectivity index (χ2n) is 2.84. The van der Waals surface area contributed by atoms with E-state index in [1.54, 1.807) is 0 Å². The van der Waals surface area contributed by atoms with Crippen molar-refractivity contribution in [2.24, 2.45) is 0 Å². The molecule has 0 N–H and O–H groups in total. The van der Waals surface area contributed by atoms with Crippen LogP contribution in [0.3, 0.4) is 0 Å². The van der Waals surface area contributed by atoms with Gasteiger partial charge in [0.2, 0.25) is 0 Å². The first kappa shape index (κ1) is 13.1. The first-order valence-electron chi connectivity index (χ1n) is 4.08. The molecule has 0 heterocycles. The topological polar surface area (TPSA) is 9.23 Å². The minimum absolute atomic E-state index is 0. The molecule has 1 atom stereocenters. The van der Waals surface area contributed by atoms with E-state index in [1.807, 2.05) is 31.2 Å². The Labute approximate surface area is 106 Å². The third-order valence-electron chi connectivity index (χ3n) is 1.65. The van der Waals surface area contributed by atoms with E-state index in [0.717, 1.165) is 5.75 Å². The Morgan fingerprint density at radius 3 is 2.31 bits per heavy atom. The summed E-state index contributed by atoms with van der Waals surface area (Å²) in [5, 5.41) is 0. The molecule has 0 fully saturated rings. The number of benzene rings is 1. The summed E-state index contributed by atoms with van der Waals surface area (Å²) < 4.78 is 5.44. The summed E-state index contributed by atoms with van der Waals surface area (Å²) in [4.78, 5) is 0. The first-order chi connectivity index (χ1) is 5.72. The van der Waals surface area contributed by atoms with Crippen LogP contribution in [0.5, 0.6) is 5.75 Å². The smallest absolute Gasteiger partial charge is 0.115 e. The average molecular weight is 251 g/mol. The normalized spacial score (nSPS) is 11.6. The molecule has 1 radical (unpaired) electrons. The summed E-state index contributed by atoms with van der Waals surface area (Å²) in [7, 11) is 0. The van der Waals surface area contributed by atoms with E-state index >= 15 is 0 Å². The molecule has 1 rings (SSSR count). The quantitative estimate of drug-likeness (QED) is 0.750. The molecule has 1 nitrogen and oxygen atoms in total. The molecule has 0 saturated carbocycles. The monoisotopic (exact) mass is 251 g/mol. The number of hydrogen-bond acceptors (Lipinski definition) is 1. The van der Waals surface area contributed by atoms with Gasteiger partial charge in [0.1, 0.15) is 5.75 Å². The van der Waals surface area contributed by atoms with Gasteiger partial charge in [-0.3, -0.25) is 0 Å². The Kier molecular flexibility index (Phi) is 6.62. The van der Waals surface area contributed by atoms with Gasteiger partial charge < -0.3 is 18.6 Å². The Morgan fingerprint density at radius 1 is 1.31 bits per heavy atom. The molecule has 0 aromatic heterocycles. The predicted molar refractivity (Wildman–Crippen MR) is 50.9 cm³/mol. The standard InChI is InChI=1S/C11H14O.Y/c1-4-10(3)12-11-7-5-9(2)6-8-11;/h5-8,10H,1,3-4H2,2H3;/q-2;. The fourth-order valence-corrected chi connectivity index (χ4v) is 0.868. The van der Waals surface area contributed by atoms with Crippen molar-refractivity contribution in [3.8, 4) is 5.75 Å². The molecule has 0 aliphatic carbocycles. The van der Waals surface area contributed by atoms with Crippen LogP contribution in [0.4, 0.5) is 0 Å². The van der Waals surface area contributed by atoms with Crippen molar-refractivity contribution < 1.29 is 37.4 Å². The van der Waals surface area contributed by atoms with E-state index in [-0.39, 0.29) is 38.8 Å². The van der Waals surface area contributed by atoms with E-state index < -0.39 is 0 Å². The van der Waals surface area contributed by atoms with Crippen molar-refractivity contribution in [3.63, 3.8) is 0 Å². The minimum Gasteiger partial charge on any atom is -0.525 e. The molecule has 0 amide bonds. The SMILES string of the molecule is [CH2-]CC([CH2-])Oc1ccc(C)cc1.[Y]. The zero-order valence-corrected chi connectivity index (χ0v) is 10.8. The summed E-state index contributed by atoms with van der Waals surface area (Å²) in [5.41, 5.74) is 1.23. The summed E-state index contributed by atoms with van der Waals surface area (Å²) in [6.07, 6.45) is 0.640. The zero-order valence-electron chi connectivity index (χ0n) is 7.99. The van der Waals surface area contributed by atoms with Gasteiger partial charge in [-0.05, 0) is 19.1 Å². The van der Waals surface area contributed by atoms with Crippen molar-refractivity contribution >= 4 is 0 Å². The Balaban J connectivity index is 0.00000144. The van der Waals surface area contributed by atoms with E-state index in [4.69, 9.17) is 4.74 Å². The van der Waals surface area contributed by atoms with Gasteiger partial charge in [-0.25, -0.2) is 0 Å². The van der Waals surface area contributed by atoms with Gasteiger partial charge in [-0.2, -0.15) is 6.42 Å². The van der Waals surface area contributed by atoms with Crippen LogP contribution in [0.1, 0.15) is 12.0 Å². The van der Waals surface area contributed by atoms with Crippen LogP contribution in [0.2, 0.25) is 0 Å². The second kappa shape index (κ2) is 6.56. The number of hydrogen-bond donors (Lipinski definition) is 0. The van der Waals surface area contributed by atoms with Gasteiger partial charge in [0.05, 0.1) is 0 Å². The van der Waals surface area contributed by atoms with Crippen LogP contribution >= 0.6 is 0 Å². The fraction of sp³-hybridized carbons (Fsp3) is 0.273. The van der Waals surface area contributed by atoms with Crippen molar-refractivity contribution in [3.05, 3.63) is 43.7 Å².